The van der Waals surface area contributed by atoms with Crippen molar-refractivity contribution in [1.82, 2.24) is 0 Å². The average Bonchev–Trinajstić information content (AvgIpc) is 0.785. The molecule has 0 saturated heterocycles. The minimum Gasteiger partial charge on any atom is -0.201 e. The molecule has 0 unspecified atom stereocenters. The summed E-state index contributed by atoms with van der Waals surface area (Å²) in [7, 11) is 3.19. The Labute approximate surface area is 625 Å². The van der Waals surface area contributed by atoms with Crippen LogP contribution in [0.3, 0.4) is 0 Å². The third-order valence-corrected chi connectivity index (χ3v) is 28.7. The highest BCUT2D eigenvalue weighted by Gasteiger charge is 2.36. The monoisotopic (exact) mass is 1430 g/mol. The molecule has 0 aliphatic carbocycles. The molecule has 0 aliphatic heterocycles. The largest absolute Gasteiger partial charge is 0.212 e. The smallest absolute Gasteiger partial charge is 0.201 e. The molecule has 0 saturated carbocycles. The average molecular weight is 1430 g/mol. The van der Waals surface area contributed by atoms with E-state index in [4.69, 9.17) is 0 Å². The van der Waals surface area contributed by atoms with Crippen molar-refractivity contribution in [3.63, 3.8) is 0 Å². The molecule has 0 radical (unpaired) electrons. The molecule has 4 aromatic heterocycles. The molecule has 101 heavy (non-hydrogen) atoms. The summed E-state index contributed by atoms with van der Waals surface area (Å²) >= 11 is 0. The van der Waals surface area contributed by atoms with Gasteiger partial charge >= 0.3 is 0 Å². The van der Waals surface area contributed by atoms with E-state index in [1.54, 1.807) is 20.7 Å². The first-order valence-electron chi connectivity index (χ1n) is 38.5. The van der Waals surface area contributed by atoms with E-state index in [2.05, 4.69) is 406 Å². The van der Waals surface area contributed by atoms with Crippen molar-refractivity contribution in [2.24, 2.45) is 34.1 Å². The zero-order valence-electron chi connectivity index (χ0n) is 72.2. The van der Waals surface area contributed by atoms with Crippen LogP contribution in [-0.4, -0.2) is 32.3 Å². The minimum atomic E-state index is -1.42. The zero-order chi connectivity index (χ0) is 77.2. The topological polar surface area (TPSA) is 15.5 Å². The highest BCUT2D eigenvalue weighted by Crippen LogP contribution is 2.35. The van der Waals surface area contributed by atoms with Crippen LogP contribution >= 0.6 is 0 Å². The SMILES string of the molecule is CCC(CC)c1ccc(C)c(-c2cc(C(C)(C)C)c([Si](C)(C)C)c[n+]2C)c1.Cc1cc(C(C)C)ccc1-c1cc(C(C)(C)C)c([Si](C)(C)C)c[n+]1C.Cc1cc(CC(C)C)ccc1-c1cc(C(C)(C)C)c([Si](C)(C)C)c[n+]1C.Cc1ccc(-c2cc(C(C)(C)C)c([Si](C)(C)C)c[n+]2C)c(C)c1. The Morgan fingerprint density at radius 3 is 0.901 bits per heavy atom. The maximum absolute atomic E-state index is 2.48. The van der Waals surface area contributed by atoms with Gasteiger partial charge in [-0.05, 0) is 179 Å². The van der Waals surface area contributed by atoms with Gasteiger partial charge in [-0.15, -0.1) is 0 Å². The lowest BCUT2D eigenvalue weighted by molar-refractivity contribution is -0.659. The minimum absolute atomic E-state index is 0.152. The first-order chi connectivity index (χ1) is 45.9. The predicted octanol–water partition coefficient (Wildman–Crippen LogP) is 21.9. The van der Waals surface area contributed by atoms with Gasteiger partial charge in [0.25, 0.3) is 0 Å². The highest BCUT2D eigenvalue weighted by atomic mass is 28.3. The number of aryl methyl sites for hydroxylation is 9. The third kappa shape index (κ3) is 22.2. The first kappa shape index (κ1) is 86.0. The van der Waals surface area contributed by atoms with Gasteiger partial charge in [0.1, 0.15) is 28.2 Å². The fourth-order valence-corrected chi connectivity index (χ4v) is 21.9. The van der Waals surface area contributed by atoms with Gasteiger partial charge in [-0.25, -0.2) is 18.3 Å². The second-order valence-electron chi connectivity index (χ2n) is 39.3. The molecule has 0 atom stereocenters. The van der Waals surface area contributed by atoms with Gasteiger partial charge in [-0.1, -0.05) is 257 Å². The van der Waals surface area contributed by atoms with Crippen LogP contribution in [0.25, 0.3) is 45.0 Å². The van der Waals surface area contributed by atoms with Gasteiger partial charge in [0.05, 0.1) is 32.3 Å². The van der Waals surface area contributed by atoms with Gasteiger partial charge in [-0.2, -0.15) is 0 Å². The molecule has 8 rings (SSSR count). The van der Waals surface area contributed by atoms with E-state index in [-0.39, 0.29) is 21.7 Å². The number of aromatic nitrogens is 4. The van der Waals surface area contributed by atoms with Crippen LogP contribution in [0.5, 0.6) is 0 Å². The van der Waals surface area contributed by atoms with E-state index in [0.29, 0.717) is 17.8 Å². The molecule has 4 heterocycles. The van der Waals surface area contributed by atoms with Crippen molar-refractivity contribution in [2.75, 3.05) is 0 Å². The van der Waals surface area contributed by atoms with Gasteiger partial charge in [0.15, 0.2) is 24.8 Å². The molecule has 0 amide bonds. The van der Waals surface area contributed by atoms with Crippen LogP contribution in [0.4, 0.5) is 0 Å². The molecular weight excluding hydrogens is 1290 g/mol. The normalized spacial score (nSPS) is 12.7. The molecular formula is C93H146N4Si4+4. The fraction of sp³-hybridized carbons (Fsp3) is 0.527. The molecule has 4 nitrogen and oxygen atoms in total. The van der Waals surface area contributed by atoms with Crippen molar-refractivity contribution in [1.29, 1.82) is 0 Å². The number of nitrogens with zero attached hydrogens (tertiary/aromatic N) is 4. The third-order valence-electron chi connectivity index (χ3n) is 20.6. The molecule has 8 heteroatoms. The Morgan fingerprint density at radius 1 is 0.327 bits per heavy atom. The standard InChI is InChI=1S/C25H40NSi.C24H38NSi.C23H36NSi.C21H32NSi/c1-11-19(12-2)20-14-13-18(3)21(15-20)23-16-22(25(4,5)6)24(17-26(23)7)27(8,9)10;1-17(2)13-19-11-12-20(18(3)14-19)22-15-21(24(4,5)6)23(16-25(22)7)26(8,9)10;1-16(2)18-11-12-19(17(3)13-18)21-14-20(23(4,5)6)22(15-24(21)7)25(8,9)10;1-15-10-11-17(16(2)12-15)19-13-18(21(3,4)5)20(14-22(19)6)23(7,8)9/h13-17,19H,11-12H2,1-10H3;11-12,14-17H,13H2,1-10H3;11-16H,1-10H3;10-14H,1-9H3/q4*+1. The van der Waals surface area contributed by atoms with Gasteiger partial charge < -0.3 is 0 Å². The molecule has 0 N–H and O–H groups in total. The number of hydrogen-bond donors (Lipinski definition) is 0. The van der Waals surface area contributed by atoms with Crippen LogP contribution in [0.15, 0.2) is 122 Å². The summed E-state index contributed by atoms with van der Waals surface area (Å²) in [6.07, 6.45) is 13.2. The summed E-state index contributed by atoms with van der Waals surface area (Å²) in [6.45, 7) is 82.2. The van der Waals surface area contributed by atoms with Crippen LogP contribution in [0.2, 0.25) is 78.6 Å². The van der Waals surface area contributed by atoms with Crippen LogP contribution < -0.4 is 39.0 Å². The molecule has 0 spiro atoms. The number of rotatable bonds is 14. The van der Waals surface area contributed by atoms with Crippen molar-refractivity contribution in [2.45, 2.75) is 291 Å². The highest BCUT2D eigenvalue weighted by molar-refractivity contribution is 6.90. The first-order valence-corrected chi connectivity index (χ1v) is 52.5. The Morgan fingerprint density at radius 2 is 0.624 bits per heavy atom. The van der Waals surface area contributed by atoms with E-state index >= 15 is 0 Å². The van der Waals surface area contributed by atoms with Crippen molar-refractivity contribution in [3.05, 3.63) is 189 Å². The van der Waals surface area contributed by atoms with E-state index in [0.717, 1.165) is 6.42 Å². The van der Waals surface area contributed by atoms with Gasteiger partial charge in [0.2, 0.25) is 22.8 Å². The molecule has 8 aromatic rings. The van der Waals surface area contributed by atoms with Crippen molar-refractivity contribution in [3.8, 4) is 45.0 Å². The van der Waals surface area contributed by atoms with E-state index in [1.165, 1.54) is 125 Å². The van der Waals surface area contributed by atoms with E-state index < -0.39 is 32.3 Å². The lowest BCUT2D eigenvalue weighted by atomic mass is 9.85. The zero-order valence-corrected chi connectivity index (χ0v) is 76.2. The number of hydrogen-bond acceptors (Lipinski definition) is 0. The number of pyridine rings is 4. The second-order valence-corrected chi connectivity index (χ2v) is 59.4. The van der Waals surface area contributed by atoms with Gasteiger partial charge in [-0.3, -0.25) is 0 Å². The lowest BCUT2D eigenvalue weighted by Crippen LogP contribution is -2.49. The Bertz CT molecular complexity index is 4180. The Kier molecular flexibility index (Phi) is 27.9. The lowest BCUT2D eigenvalue weighted by Gasteiger charge is -2.28. The summed E-state index contributed by atoms with van der Waals surface area (Å²) < 4.78 is 9.36. The summed E-state index contributed by atoms with van der Waals surface area (Å²) in [5, 5.41) is 6.30. The molecule has 4 aromatic carbocycles. The molecule has 0 bridgehead atoms. The van der Waals surface area contributed by atoms with Crippen LogP contribution in [0.1, 0.15) is 216 Å². The summed E-state index contributed by atoms with van der Waals surface area (Å²) in [4.78, 5) is 0. The fourth-order valence-electron chi connectivity index (χ4n) is 14.5. The maximum atomic E-state index is 2.48. The maximum Gasteiger partial charge on any atom is 0.212 e. The van der Waals surface area contributed by atoms with Gasteiger partial charge in [0, 0.05) is 67.3 Å². The molecule has 0 aliphatic rings. The summed E-state index contributed by atoms with van der Waals surface area (Å²) in [5.41, 5.74) is 28.5. The Hall–Kier alpha value is -5.65. The predicted molar refractivity (Wildman–Crippen MR) is 459 cm³/mol. The second kappa shape index (κ2) is 32.8. The molecule has 0 fully saturated rings. The van der Waals surface area contributed by atoms with Crippen LogP contribution in [-0.2, 0) is 56.3 Å². The van der Waals surface area contributed by atoms with E-state index in [1.807, 2.05) is 0 Å². The van der Waals surface area contributed by atoms with Crippen LogP contribution in [0, 0.1) is 40.5 Å². The Balaban J connectivity index is 0.000000243. The molecule has 550 valence electrons. The summed E-state index contributed by atoms with van der Waals surface area (Å²) in [5.74, 6) is 1.92. The van der Waals surface area contributed by atoms with E-state index in [9.17, 15) is 0 Å². The summed E-state index contributed by atoms with van der Waals surface area (Å²) in [6, 6.07) is 37.6. The van der Waals surface area contributed by atoms with Crippen molar-refractivity contribution >= 4 is 53.0 Å². The number of benzene rings is 4. The quantitative estimate of drug-likeness (QED) is 0.0762. The van der Waals surface area contributed by atoms with Crippen molar-refractivity contribution < 1.29 is 18.3 Å².